The molecule has 0 aromatic heterocycles. The summed E-state index contributed by atoms with van der Waals surface area (Å²) in [6, 6.07) is 5.06. The van der Waals surface area contributed by atoms with E-state index < -0.39 is 0 Å². The van der Waals surface area contributed by atoms with Crippen LogP contribution in [0.3, 0.4) is 0 Å². The SMILES string of the molecule is O=C1CCCCCc2cc(O)ccc21. The van der Waals surface area contributed by atoms with Crippen molar-refractivity contribution in [3.63, 3.8) is 0 Å². The van der Waals surface area contributed by atoms with Gasteiger partial charge in [-0.25, -0.2) is 0 Å². The molecule has 0 saturated heterocycles. The van der Waals surface area contributed by atoms with Gasteiger partial charge in [0.1, 0.15) is 5.75 Å². The van der Waals surface area contributed by atoms with E-state index in [1.807, 2.05) is 0 Å². The van der Waals surface area contributed by atoms with Crippen LogP contribution in [-0.2, 0) is 6.42 Å². The summed E-state index contributed by atoms with van der Waals surface area (Å²) < 4.78 is 0. The molecule has 1 aliphatic rings. The van der Waals surface area contributed by atoms with Gasteiger partial charge in [-0.1, -0.05) is 6.42 Å². The van der Waals surface area contributed by atoms with E-state index in [2.05, 4.69) is 0 Å². The number of phenols is 1. The van der Waals surface area contributed by atoms with Crippen molar-refractivity contribution < 1.29 is 9.90 Å². The lowest BCUT2D eigenvalue weighted by Crippen LogP contribution is -2.06. The fourth-order valence-electron chi connectivity index (χ4n) is 1.97. The minimum atomic E-state index is 0.222. The number of Topliss-reactive ketones (excluding diaryl/α,β-unsaturated/α-hetero) is 1. The molecule has 0 unspecified atom stereocenters. The Morgan fingerprint density at radius 3 is 2.71 bits per heavy atom. The Balaban J connectivity index is 2.41. The van der Waals surface area contributed by atoms with Gasteiger partial charge in [0.05, 0.1) is 0 Å². The second-order valence-electron chi connectivity index (χ2n) is 3.83. The highest BCUT2D eigenvalue weighted by Crippen LogP contribution is 2.23. The molecule has 1 aromatic rings. The molecule has 1 aromatic carbocycles. The van der Waals surface area contributed by atoms with Crippen LogP contribution in [-0.4, -0.2) is 10.9 Å². The van der Waals surface area contributed by atoms with Crippen LogP contribution in [0.25, 0.3) is 0 Å². The molecule has 2 heteroatoms. The predicted octanol–water partition coefficient (Wildman–Crippen LogP) is 2.69. The van der Waals surface area contributed by atoms with Crippen molar-refractivity contribution in [3.05, 3.63) is 29.3 Å². The first-order valence-corrected chi connectivity index (χ1v) is 5.12. The van der Waals surface area contributed by atoms with E-state index >= 15 is 0 Å². The van der Waals surface area contributed by atoms with Crippen LogP contribution in [0.4, 0.5) is 0 Å². The molecule has 0 heterocycles. The molecule has 1 N–H and O–H groups in total. The van der Waals surface area contributed by atoms with E-state index in [0.717, 1.165) is 36.8 Å². The lowest BCUT2D eigenvalue weighted by molar-refractivity contribution is 0.0976. The molecule has 0 saturated carbocycles. The zero-order chi connectivity index (χ0) is 9.97. The molecule has 0 aliphatic heterocycles. The average molecular weight is 190 g/mol. The van der Waals surface area contributed by atoms with E-state index in [0.29, 0.717) is 6.42 Å². The number of fused-ring (bicyclic) bond motifs is 1. The van der Waals surface area contributed by atoms with Crippen molar-refractivity contribution in [2.75, 3.05) is 0 Å². The summed E-state index contributed by atoms with van der Waals surface area (Å²) >= 11 is 0. The Kier molecular flexibility index (Phi) is 2.53. The summed E-state index contributed by atoms with van der Waals surface area (Å²) in [7, 11) is 0. The fraction of sp³-hybridized carbons (Fsp3) is 0.417. The van der Waals surface area contributed by atoms with Crippen molar-refractivity contribution in [2.45, 2.75) is 32.1 Å². The smallest absolute Gasteiger partial charge is 0.163 e. The predicted molar refractivity (Wildman–Crippen MR) is 54.6 cm³/mol. The van der Waals surface area contributed by atoms with Crippen molar-refractivity contribution in [1.82, 2.24) is 0 Å². The summed E-state index contributed by atoms with van der Waals surface area (Å²) in [6.45, 7) is 0. The minimum absolute atomic E-state index is 0.222. The summed E-state index contributed by atoms with van der Waals surface area (Å²) in [5, 5.41) is 9.33. The number of aromatic hydroxyl groups is 1. The first-order valence-electron chi connectivity index (χ1n) is 5.12. The molecule has 14 heavy (non-hydrogen) atoms. The number of aryl methyl sites for hydroxylation is 1. The Morgan fingerprint density at radius 2 is 1.86 bits per heavy atom. The summed E-state index contributed by atoms with van der Waals surface area (Å²) in [5.74, 6) is 0.483. The van der Waals surface area contributed by atoms with Gasteiger partial charge in [-0.2, -0.15) is 0 Å². The zero-order valence-corrected chi connectivity index (χ0v) is 8.12. The maximum Gasteiger partial charge on any atom is 0.163 e. The second kappa shape index (κ2) is 3.82. The highest BCUT2D eigenvalue weighted by Gasteiger charge is 2.14. The van der Waals surface area contributed by atoms with Gasteiger partial charge in [-0.15, -0.1) is 0 Å². The molecular formula is C12H14O2. The third-order valence-electron chi connectivity index (χ3n) is 2.74. The number of carbonyl (C=O) groups excluding carboxylic acids is 1. The van der Waals surface area contributed by atoms with E-state index in [-0.39, 0.29) is 11.5 Å². The summed E-state index contributed by atoms with van der Waals surface area (Å²) in [4.78, 5) is 11.7. The summed E-state index contributed by atoms with van der Waals surface area (Å²) in [5.41, 5.74) is 1.82. The molecule has 2 rings (SSSR count). The van der Waals surface area contributed by atoms with Gasteiger partial charge in [-0.3, -0.25) is 4.79 Å². The maximum absolute atomic E-state index is 11.7. The number of ketones is 1. The van der Waals surface area contributed by atoms with Gasteiger partial charge in [0.2, 0.25) is 0 Å². The van der Waals surface area contributed by atoms with E-state index in [9.17, 15) is 9.90 Å². The second-order valence-corrected chi connectivity index (χ2v) is 3.83. The Morgan fingerprint density at radius 1 is 1.07 bits per heavy atom. The maximum atomic E-state index is 11.7. The lowest BCUT2D eigenvalue weighted by atomic mass is 9.92. The lowest BCUT2D eigenvalue weighted by Gasteiger charge is -2.12. The van der Waals surface area contributed by atoms with E-state index in [4.69, 9.17) is 0 Å². The zero-order valence-electron chi connectivity index (χ0n) is 8.12. The molecule has 74 valence electrons. The Hall–Kier alpha value is -1.31. The van der Waals surface area contributed by atoms with Crippen LogP contribution in [0.1, 0.15) is 41.6 Å². The van der Waals surface area contributed by atoms with Crippen LogP contribution in [0, 0.1) is 0 Å². The van der Waals surface area contributed by atoms with Gasteiger partial charge in [-0.05, 0) is 43.0 Å². The molecule has 0 atom stereocenters. The molecule has 1 aliphatic carbocycles. The Labute approximate surface area is 83.6 Å². The third-order valence-corrected chi connectivity index (χ3v) is 2.74. The number of rotatable bonds is 0. The third kappa shape index (κ3) is 1.79. The van der Waals surface area contributed by atoms with Crippen LogP contribution in [0.15, 0.2) is 18.2 Å². The number of phenolic OH excluding ortho intramolecular Hbond substituents is 1. The van der Waals surface area contributed by atoms with Gasteiger partial charge >= 0.3 is 0 Å². The van der Waals surface area contributed by atoms with Crippen molar-refractivity contribution in [3.8, 4) is 5.75 Å². The van der Waals surface area contributed by atoms with E-state index in [1.54, 1.807) is 18.2 Å². The molecule has 0 amide bonds. The number of benzene rings is 1. The van der Waals surface area contributed by atoms with Gasteiger partial charge in [0, 0.05) is 12.0 Å². The fourth-order valence-corrected chi connectivity index (χ4v) is 1.97. The van der Waals surface area contributed by atoms with E-state index in [1.165, 1.54) is 0 Å². The van der Waals surface area contributed by atoms with Crippen molar-refractivity contribution >= 4 is 5.78 Å². The molecular weight excluding hydrogens is 176 g/mol. The van der Waals surface area contributed by atoms with Crippen LogP contribution in [0.5, 0.6) is 5.75 Å². The van der Waals surface area contributed by atoms with Gasteiger partial charge < -0.3 is 5.11 Å². The standard InChI is InChI=1S/C12H14O2/c13-10-6-7-11-9(8-10)4-2-1-3-5-12(11)14/h6-8,13H,1-5H2. The van der Waals surface area contributed by atoms with Gasteiger partial charge in [0.25, 0.3) is 0 Å². The van der Waals surface area contributed by atoms with Crippen molar-refractivity contribution in [2.24, 2.45) is 0 Å². The van der Waals surface area contributed by atoms with Crippen LogP contribution in [0.2, 0.25) is 0 Å². The van der Waals surface area contributed by atoms with Crippen LogP contribution >= 0.6 is 0 Å². The monoisotopic (exact) mass is 190 g/mol. The topological polar surface area (TPSA) is 37.3 Å². The van der Waals surface area contributed by atoms with Crippen LogP contribution < -0.4 is 0 Å². The first-order chi connectivity index (χ1) is 6.77. The minimum Gasteiger partial charge on any atom is -0.508 e. The summed E-state index contributed by atoms with van der Waals surface area (Å²) in [6.07, 6.45) is 4.79. The van der Waals surface area contributed by atoms with Crippen molar-refractivity contribution in [1.29, 1.82) is 0 Å². The number of hydrogen-bond donors (Lipinski definition) is 1. The largest absolute Gasteiger partial charge is 0.508 e. The average Bonchev–Trinajstić information content (AvgIpc) is 2.14. The Bertz CT molecular complexity index is 355. The molecule has 0 radical (unpaired) electrons. The number of hydrogen-bond acceptors (Lipinski definition) is 2. The molecule has 0 bridgehead atoms. The van der Waals surface area contributed by atoms with Gasteiger partial charge in [0.15, 0.2) is 5.78 Å². The molecule has 0 spiro atoms. The quantitative estimate of drug-likeness (QED) is 0.683. The highest BCUT2D eigenvalue weighted by molar-refractivity contribution is 5.97. The highest BCUT2D eigenvalue weighted by atomic mass is 16.3. The normalized spacial score (nSPS) is 17.0. The molecule has 0 fully saturated rings. The number of carbonyl (C=O) groups is 1. The molecule has 2 nitrogen and oxygen atoms in total. The first kappa shape index (κ1) is 9.25.